The molecule has 0 aliphatic carbocycles. The van der Waals surface area contributed by atoms with Crippen molar-refractivity contribution in [3.8, 4) is 11.1 Å². The maximum Gasteiger partial charge on any atom is 0.131 e. The van der Waals surface area contributed by atoms with Gasteiger partial charge in [0.25, 0.3) is 0 Å². The minimum absolute atomic E-state index is 0.207. The quantitative estimate of drug-likeness (QED) is 0.780. The van der Waals surface area contributed by atoms with Crippen molar-refractivity contribution in [3.05, 3.63) is 66.2 Å². The van der Waals surface area contributed by atoms with Crippen LogP contribution < -0.4 is 5.32 Å². The molecule has 0 saturated heterocycles. The number of nitrogens with one attached hydrogen (secondary N) is 1. The molecule has 100 valence electrons. The Kier molecular flexibility index (Phi) is 3.44. The number of aromatic nitrogens is 1. The molecule has 0 aliphatic heterocycles. The fraction of sp³-hybridized carbons (Fsp3) is 0.118. The van der Waals surface area contributed by atoms with Gasteiger partial charge in [0, 0.05) is 29.9 Å². The lowest BCUT2D eigenvalue weighted by molar-refractivity contribution is 0.630. The van der Waals surface area contributed by atoms with E-state index < -0.39 is 0 Å². The van der Waals surface area contributed by atoms with Gasteiger partial charge in [-0.1, -0.05) is 24.3 Å². The molecule has 0 amide bonds. The average molecular weight is 266 g/mol. The van der Waals surface area contributed by atoms with E-state index in [0.29, 0.717) is 5.56 Å². The molecule has 2 aromatic carbocycles. The first kappa shape index (κ1) is 12.8. The second kappa shape index (κ2) is 5.39. The minimum atomic E-state index is -0.207. The topological polar surface area (TPSA) is 24.9 Å². The van der Waals surface area contributed by atoms with Crippen molar-refractivity contribution in [2.75, 3.05) is 7.05 Å². The molecular formula is C17H15FN2. The third kappa shape index (κ3) is 2.28. The van der Waals surface area contributed by atoms with Crippen LogP contribution in [0.25, 0.3) is 21.9 Å². The maximum absolute atomic E-state index is 14.2. The standard InChI is InChI=1S/C17H15FN2/c1-19-10-12-5-6-17(18)15(9-12)14-4-2-3-13-7-8-20-11-16(13)14/h2-9,11,19H,10H2,1H3. The summed E-state index contributed by atoms with van der Waals surface area (Å²) in [6, 6.07) is 13.1. The van der Waals surface area contributed by atoms with Crippen molar-refractivity contribution in [1.29, 1.82) is 0 Å². The molecule has 0 atom stereocenters. The molecule has 1 aromatic heterocycles. The van der Waals surface area contributed by atoms with Gasteiger partial charge < -0.3 is 5.32 Å². The van der Waals surface area contributed by atoms with Gasteiger partial charge in [0.2, 0.25) is 0 Å². The number of fused-ring (bicyclic) bond motifs is 1. The Morgan fingerprint density at radius 1 is 1.10 bits per heavy atom. The van der Waals surface area contributed by atoms with Crippen LogP contribution in [0.4, 0.5) is 4.39 Å². The van der Waals surface area contributed by atoms with E-state index in [1.54, 1.807) is 18.5 Å². The van der Waals surface area contributed by atoms with Crippen LogP contribution in [0.5, 0.6) is 0 Å². The van der Waals surface area contributed by atoms with E-state index in [9.17, 15) is 4.39 Å². The second-order valence-corrected chi connectivity index (χ2v) is 4.75. The summed E-state index contributed by atoms with van der Waals surface area (Å²) in [7, 11) is 1.88. The lowest BCUT2D eigenvalue weighted by Crippen LogP contribution is -2.05. The van der Waals surface area contributed by atoms with E-state index in [0.717, 1.165) is 28.4 Å². The van der Waals surface area contributed by atoms with E-state index in [4.69, 9.17) is 0 Å². The van der Waals surface area contributed by atoms with Crippen molar-refractivity contribution in [2.45, 2.75) is 6.54 Å². The molecule has 0 fully saturated rings. The Hall–Kier alpha value is -2.26. The molecule has 3 aromatic rings. The molecule has 3 rings (SSSR count). The van der Waals surface area contributed by atoms with Crippen molar-refractivity contribution in [3.63, 3.8) is 0 Å². The Morgan fingerprint density at radius 3 is 2.85 bits per heavy atom. The van der Waals surface area contributed by atoms with Crippen LogP contribution >= 0.6 is 0 Å². The molecule has 1 N–H and O–H groups in total. The van der Waals surface area contributed by atoms with E-state index in [1.165, 1.54) is 6.07 Å². The molecule has 0 aliphatic rings. The normalized spacial score (nSPS) is 10.9. The number of benzene rings is 2. The summed E-state index contributed by atoms with van der Waals surface area (Å²) in [6.07, 6.45) is 3.54. The van der Waals surface area contributed by atoms with Gasteiger partial charge in [-0.3, -0.25) is 4.98 Å². The molecule has 3 heteroatoms. The van der Waals surface area contributed by atoms with E-state index in [2.05, 4.69) is 10.3 Å². The number of hydrogen-bond donors (Lipinski definition) is 1. The number of nitrogens with zero attached hydrogens (tertiary/aromatic N) is 1. The Morgan fingerprint density at radius 2 is 2.00 bits per heavy atom. The summed E-state index contributed by atoms with van der Waals surface area (Å²) < 4.78 is 14.2. The fourth-order valence-electron chi connectivity index (χ4n) is 2.44. The summed E-state index contributed by atoms with van der Waals surface area (Å²) >= 11 is 0. The lowest BCUT2D eigenvalue weighted by Gasteiger charge is -2.09. The highest BCUT2D eigenvalue weighted by Crippen LogP contribution is 2.30. The van der Waals surface area contributed by atoms with Crippen LogP contribution in [0.3, 0.4) is 0 Å². The van der Waals surface area contributed by atoms with Crippen LogP contribution in [-0.2, 0) is 6.54 Å². The molecule has 20 heavy (non-hydrogen) atoms. The molecule has 0 spiro atoms. The monoisotopic (exact) mass is 266 g/mol. The highest BCUT2D eigenvalue weighted by atomic mass is 19.1. The van der Waals surface area contributed by atoms with E-state index >= 15 is 0 Å². The highest BCUT2D eigenvalue weighted by molar-refractivity contribution is 5.96. The second-order valence-electron chi connectivity index (χ2n) is 4.75. The fourth-order valence-corrected chi connectivity index (χ4v) is 2.44. The molecule has 1 heterocycles. The SMILES string of the molecule is CNCc1ccc(F)c(-c2cccc3ccncc23)c1. The number of rotatable bonds is 3. The number of halogens is 1. The maximum atomic E-state index is 14.2. The Bertz CT molecular complexity index is 748. The van der Waals surface area contributed by atoms with Gasteiger partial charge in [-0.2, -0.15) is 0 Å². The summed E-state index contributed by atoms with van der Waals surface area (Å²) in [4.78, 5) is 4.15. The first-order chi connectivity index (χ1) is 9.79. The zero-order valence-electron chi connectivity index (χ0n) is 11.2. The van der Waals surface area contributed by atoms with Crippen LogP contribution in [0.2, 0.25) is 0 Å². The van der Waals surface area contributed by atoms with Crippen LogP contribution in [0, 0.1) is 5.82 Å². The summed E-state index contributed by atoms with van der Waals surface area (Å²) in [5.41, 5.74) is 2.56. The van der Waals surface area contributed by atoms with Gasteiger partial charge in [0.05, 0.1) is 0 Å². The smallest absolute Gasteiger partial charge is 0.131 e. The number of pyridine rings is 1. The van der Waals surface area contributed by atoms with Gasteiger partial charge >= 0.3 is 0 Å². The van der Waals surface area contributed by atoms with Crippen molar-refractivity contribution in [1.82, 2.24) is 10.3 Å². The predicted octanol–water partition coefficient (Wildman–Crippen LogP) is 3.76. The van der Waals surface area contributed by atoms with Gasteiger partial charge in [-0.25, -0.2) is 4.39 Å². The largest absolute Gasteiger partial charge is 0.316 e. The first-order valence-electron chi connectivity index (χ1n) is 6.56. The molecule has 0 bridgehead atoms. The molecular weight excluding hydrogens is 251 g/mol. The zero-order chi connectivity index (χ0) is 13.9. The predicted molar refractivity (Wildman–Crippen MR) is 79.9 cm³/mol. The first-order valence-corrected chi connectivity index (χ1v) is 6.56. The average Bonchev–Trinajstić information content (AvgIpc) is 2.49. The van der Waals surface area contributed by atoms with Gasteiger partial charge in [0.1, 0.15) is 5.82 Å². The van der Waals surface area contributed by atoms with Crippen molar-refractivity contribution < 1.29 is 4.39 Å². The molecule has 2 nitrogen and oxygen atoms in total. The summed E-state index contributed by atoms with van der Waals surface area (Å²) in [6.45, 7) is 0.719. The minimum Gasteiger partial charge on any atom is -0.316 e. The van der Waals surface area contributed by atoms with Gasteiger partial charge in [0.15, 0.2) is 0 Å². The zero-order valence-corrected chi connectivity index (χ0v) is 11.2. The highest BCUT2D eigenvalue weighted by Gasteiger charge is 2.09. The van der Waals surface area contributed by atoms with Crippen molar-refractivity contribution >= 4 is 10.8 Å². The molecule has 0 radical (unpaired) electrons. The van der Waals surface area contributed by atoms with Gasteiger partial charge in [-0.05, 0) is 41.8 Å². The Balaban J connectivity index is 2.22. The van der Waals surface area contributed by atoms with Crippen LogP contribution in [-0.4, -0.2) is 12.0 Å². The van der Waals surface area contributed by atoms with Crippen molar-refractivity contribution in [2.24, 2.45) is 0 Å². The third-order valence-electron chi connectivity index (χ3n) is 3.39. The van der Waals surface area contributed by atoms with Crippen LogP contribution in [0.1, 0.15) is 5.56 Å². The summed E-state index contributed by atoms with van der Waals surface area (Å²) in [5, 5.41) is 5.12. The van der Waals surface area contributed by atoms with Crippen LogP contribution in [0.15, 0.2) is 54.9 Å². The molecule has 0 unspecified atom stereocenters. The van der Waals surface area contributed by atoms with E-state index in [-0.39, 0.29) is 5.82 Å². The third-order valence-corrected chi connectivity index (χ3v) is 3.39. The molecule has 0 saturated carbocycles. The Labute approximate surface area is 117 Å². The summed E-state index contributed by atoms with van der Waals surface area (Å²) in [5.74, 6) is -0.207. The lowest BCUT2D eigenvalue weighted by atomic mass is 9.97. The van der Waals surface area contributed by atoms with Gasteiger partial charge in [-0.15, -0.1) is 0 Å². The van der Waals surface area contributed by atoms with E-state index in [1.807, 2.05) is 37.4 Å². The number of hydrogen-bond acceptors (Lipinski definition) is 2.